The van der Waals surface area contributed by atoms with Gasteiger partial charge in [-0.25, -0.2) is 0 Å². The number of nitrogens with one attached hydrogen (secondary N) is 1. The first kappa shape index (κ1) is 13.9. The summed E-state index contributed by atoms with van der Waals surface area (Å²) in [5, 5.41) is 22.9. The minimum Gasteiger partial charge on any atom is -0.392 e. The van der Waals surface area contributed by atoms with E-state index in [9.17, 15) is 10.2 Å². The molecular formula is C11H25NO2. The summed E-state index contributed by atoms with van der Waals surface area (Å²) >= 11 is 0. The van der Waals surface area contributed by atoms with Gasteiger partial charge in [0.2, 0.25) is 0 Å². The van der Waals surface area contributed by atoms with Crippen molar-refractivity contribution in [2.45, 2.75) is 52.2 Å². The number of likely N-dealkylation sites (N-methyl/N-ethyl adjacent to an activating group) is 1. The summed E-state index contributed by atoms with van der Waals surface area (Å²) < 4.78 is 0. The van der Waals surface area contributed by atoms with Gasteiger partial charge in [-0.2, -0.15) is 0 Å². The number of hydrogen-bond acceptors (Lipinski definition) is 3. The van der Waals surface area contributed by atoms with Gasteiger partial charge in [-0.1, -0.05) is 27.7 Å². The fourth-order valence-electron chi connectivity index (χ4n) is 1.58. The van der Waals surface area contributed by atoms with Crippen LogP contribution in [0.2, 0.25) is 0 Å². The lowest BCUT2D eigenvalue weighted by molar-refractivity contribution is -0.0481. The van der Waals surface area contributed by atoms with Crippen LogP contribution in [0, 0.1) is 5.92 Å². The molecule has 0 radical (unpaired) electrons. The number of hydrogen-bond donors (Lipinski definition) is 3. The molecule has 3 nitrogen and oxygen atoms in total. The maximum atomic E-state index is 10.2. The molecule has 0 amide bonds. The smallest absolute Gasteiger partial charge is 0.0693 e. The van der Waals surface area contributed by atoms with Crippen molar-refractivity contribution in [3.8, 4) is 0 Å². The fraction of sp³-hybridized carbons (Fsp3) is 1.00. The molecule has 0 unspecified atom stereocenters. The highest BCUT2D eigenvalue weighted by molar-refractivity contribution is 4.83. The summed E-state index contributed by atoms with van der Waals surface area (Å²) in [4.78, 5) is 0. The minimum absolute atomic E-state index is 0.184. The highest BCUT2D eigenvalue weighted by Gasteiger charge is 2.31. The molecule has 0 aliphatic rings. The van der Waals surface area contributed by atoms with E-state index in [1.165, 1.54) is 0 Å². The predicted octanol–water partition coefficient (Wildman–Crippen LogP) is 1.14. The van der Waals surface area contributed by atoms with Crippen LogP contribution in [-0.2, 0) is 0 Å². The molecule has 3 heteroatoms. The van der Waals surface area contributed by atoms with Gasteiger partial charge >= 0.3 is 0 Å². The van der Waals surface area contributed by atoms with E-state index in [2.05, 4.69) is 5.32 Å². The zero-order valence-electron chi connectivity index (χ0n) is 9.88. The summed E-state index contributed by atoms with van der Waals surface area (Å²) in [7, 11) is 0. The summed E-state index contributed by atoms with van der Waals surface area (Å²) in [6, 6.07) is 0. The molecule has 0 spiro atoms. The van der Waals surface area contributed by atoms with E-state index in [4.69, 9.17) is 0 Å². The lowest BCUT2D eigenvalue weighted by atomic mass is 9.83. The normalized spacial score (nSPS) is 18.2. The molecule has 2 atom stereocenters. The Hall–Kier alpha value is -0.120. The van der Waals surface area contributed by atoms with E-state index in [1.54, 1.807) is 0 Å². The Morgan fingerprint density at radius 1 is 1.29 bits per heavy atom. The van der Waals surface area contributed by atoms with E-state index in [1.807, 2.05) is 27.7 Å². The largest absolute Gasteiger partial charge is 0.392 e. The van der Waals surface area contributed by atoms with E-state index in [-0.39, 0.29) is 5.92 Å². The molecule has 0 aliphatic heterocycles. The van der Waals surface area contributed by atoms with E-state index in [0.29, 0.717) is 19.4 Å². The molecule has 0 heterocycles. The Morgan fingerprint density at radius 3 is 2.21 bits per heavy atom. The third kappa shape index (κ3) is 4.40. The van der Waals surface area contributed by atoms with Crippen LogP contribution in [0.5, 0.6) is 0 Å². The van der Waals surface area contributed by atoms with Gasteiger partial charge in [0.25, 0.3) is 0 Å². The minimum atomic E-state index is -0.727. The van der Waals surface area contributed by atoms with Crippen molar-refractivity contribution in [1.82, 2.24) is 5.32 Å². The molecule has 14 heavy (non-hydrogen) atoms. The van der Waals surface area contributed by atoms with Crippen molar-refractivity contribution in [2.75, 3.05) is 13.1 Å². The van der Waals surface area contributed by atoms with Crippen molar-refractivity contribution in [3.05, 3.63) is 0 Å². The molecule has 0 aromatic heterocycles. The predicted molar refractivity (Wildman–Crippen MR) is 59.2 cm³/mol. The molecule has 0 aliphatic carbocycles. The maximum Gasteiger partial charge on any atom is 0.0693 e. The molecular weight excluding hydrogens is 178 g/mol. The standard InChI is InChI=1S/C11H25NO2/c1-5-11(14,9(3)4)7-10(13)8-12-6-2/h9-10,12-14H,5-8H2,1-4H3/t10-,11-/m1/s1. The van der Waals surface area contributed by atoms with Gasteiger partial charge in [0, 0.05) is 13.0 Å². The first-order chi connectivity index (χ1) is 6.46. The van der Waals surface area contributed by atoms with Crippen molar-refractivity contribution in [3.63, 3.8) is 0 Å². The second kappa shape index (κ2) is 6.38. The first-order valence-electron chi connectivity index (χ1n) is 5.57. The Labute approximate surface area is 87.5 Å². The highest BCUT2D eigenvalue weighted by Crippen LogP contribution is 2.26. The molecule has 0 aromatic carbocycles. The number of rotatable bonds is 7. The van der Waals surface area contributed by atoms with Crippen LogP contribution < -0.4 is 5.32 Å². The third-order valence-corrected chi connectivity index (χ3v) is 2.91. The lowest BCUT2D eigenvalue weighted by Gasteiger charge is -2.33. The van der Waals surface area contributed by atoms with E-state index >= 15 is 0 Å². The van der Waals surface area contributed by atoms with Crippen molar-refractivity contribution >= 4 is 0 Å². The van der Waals surface area contributed by atoms with E-state index < -0.39 is 11.7 Å². The zero-order chi connectivity index (χ0) is 11.2. The Kier molecular flexibility index (Phi) is 6.33. The first-order valence-corrected chi connectivity index (χ1v) is 5.57. The molecule has 0 fully saturated rings. The van der Waals surface area contributed by atoms with Crippen LogP contribution in [-0.4, -0.2) is 35.0 Å². The molecule has 0 bridgehead atoms. The molecule has 3 N–H and O–H groups in total. The van der Waals surface area contributed by atoms with Crippen LogP contribution in [0.25, 0.3) is 0 Å². The summed E-state index contributed by atoms with van der Waals surface area (Å²) in [6.45, 7) is 9.35. The van der Waals surface area contributed by atoms with Gasteiger partial charge in [0.15, 0.2) is 0 Å². The van der Waals surface area contributed by atoms with Crippen LogP contribution in [0.4, 0.5) is 0 Å². The zero-order valence-corrected chi connectivity index (χ0v) is 9.88. The monoisotopic (exact) mass is 203 g/mol. The van der Waals surface area contributed by atoms with Gasteiger partial charge in [0.05, 0.1) is 11.7 Å². The van der Waals surface area contributed by atoms with Gasteiger partial charge in [-0.3, -0.25) is 0 Å². The lowest BCUT2D eigenvalue weighted by Crippen LogP contribution is -2.41. The Bertz CT molecular complexity index is 150. The van der Waals surface area contributed by atoms with Gasteiger partial charge < -0.3 is 15.5 Å². The molecule has 86 valence electrons. The average Bonchev–Trinajstić information content (AvgIpc) is 2.14. The third-order valence-electron chi connectivity index (χ3n) is 2.91. The Balaban J connectivity index is 4.03. The summed E-state index contributed by atoms with van der Waals surface area (Å²) in [5.74, 6) is 0.184. The summed E-state index contributed by atoms with van der Waals surface area (Å²) in [5.41, 5.74) is -0.727. The van der Waals surface area contributed by atoms with Crippen LogP contribution in [0.3, 0.4) is 0 Å². The summed E-state index contributed by atoms with van der Waals surface area (Å²) in [6.07, 6.45) is 0.685. The second-order valence-corrected chi connectivity index (χ2v) is 4.28. The molecule has 0 aromatic rings. The van der Waals surface area contributed by atoms with Crippen molar-refractivity contribution < 1.29 is 10.2 Å². The molecule has 0 rings (SSSR count). The second-order valence-electron chi connectivity index (χ2n) is 4.28. The molecule has 0 saturated heterocycles. The van der Waals surface area contributed by atoms with Crippen LogP contribution in [0.1, 0.15) is 40.5 Å². The average molecular weight is 203 g/mol. The van der Waals surface area contributed by atoms with Gasteiger partial charge in [-0.05, 0) is 18.9 Å². The van der Waals surface area contributed by atoms with Crippen molar-refractivity contribution in [2.24, 2.45) is 5.92 Å². The van der Waals surface area contributed by atoms with E-state index in [0.717, 1.165) is 6.54 Å². The topological polar surface area (TPSA) is 52.5 Å². The quantitative estimate of drug-likeness (QED) is 0.581. The Morgan fingerprint density at radius 2 is 1.86 bits per heavy atom. The maximum absolute atomic E-state index is 10.2. The van der Waals surface area contributed by atoms with Crippen LogP contribution >= 0.6 is 0 Å². The highest BCUT2D eigenvalue weighted by atomic mass is 16.3. The molecule has 0 saturated carbocycles. The van der Waals surface area contributed by atoms with Crippen LogP contribution in [0.15, 0.2) is 0 Å². The SMILES string of the molecule is CCNC[C@H](O)C[C@](O)(CC)C(C)C. The van der Waals surface area contributed by atoms with Crippen molar-refractivity contribution in [1.29, 1.82) is 0 Å². The van der Waals surface area contributed by atoms with Gasteiger partial charge in [-0.15, -0.1) is 0 Å². The number of aliphatic hydroxyl groups excluding tert-OH is 1. The fourth-order valence-corrected chi connectivity index (χ4v) is 1.58. The van der Waals surface area contributed by atoms with Gasteiger partial charge in [0.1, 0.15) is 0 Å². The number of aliphatic hydroxyl groups is 2.